The van der Waals surface area contributed by atoms with Gasteiger partial charge in [-0.15, -0.1) is 0 Å². The van der Waals surface area contributed by atoms with Crippen LogP contribution in [0.1, 0.15) is 59.8 Å². The number of ether oxygens (including phenoxy) is 1. The third-order valence-corrected chi connectivity index (χ3v) is 7.16. The molecule has 0 saturated heterocycles. The highest BCUT2D eigenvalue weighted by atomic mass is 16.5. The number of carbonyl (C=O) groups is 7. The van der Waals surface area contributed by atoms with Crippen molar-refractivity contribution in [3.8, 4) is 0 Å². The van der Waals surface area contributed by atoms with Crippen molar-refractivity contribution in [2.24, 2.45) is 44.7 Å². The molecule has 0 aromatic heterocycles. The molecule has 286 valence electrons. The number of hydrogen-bond acceptors (Lipinski definition) is 13. The van der Waals surface area contributed by atoms with Gasteiger partial charge >= 0.3 is 12.1 Å². The molecule has 0 radical (unpaired) electrons. The van der Waals surface area contributed by atoms with E-state index in [4.69, 9.17) is 33.4 Å². The topological polar surface area (TPSA) is 375 Å². The second-order valence-electron chi connectivity index (χ2n) is 12.1. The highest BCUT2D eigenvalue weighted by Gasteiger charge is 2.39. The molecule has 6 amide bonds. The van der Waals surface area contributed by atoms with Crippen molar-refractivity contribution < 1.29 is 48.5 Å². The molecule has 0 aromatic carbocycles. The van der Waals surface area contributed by atoms with Crippen LogP contribution in [0.3, 0.4) is 0 Å². The smallest absolute Gasteiger partial charge is 0.409 e. The molecule has 1 rings (SSSR count). The molecule has 1 heterocycles. The van der Waals surface area contributed by atoms with Gasteiger partial charge < -0.3 is 64.9 Å². The van der Waals surface area contributed by atoms with E-state index in [1.54, 1.807) is 13.8 Å². The number of carbonyl (C=O) groups excluding carboxylic acids is 6. The number of guanidine groups is 1. The average molecular weight is 727 g/mol. The van der Waals surface area contributed by atoms with Gasteiger partial charge in [0.05, 0.1) is 6.61 Å². The molecule has 22 heteroatoms. The first kappa shape index (κ1) is 43.7. The van der Waals surface area contributed by atoms with Crippen LogP contribution in [0.25, 0.3) is 0 Å². The van der Waals surface area contributed by atoms with Gasteiger partial charge in [-0.3, -0.25) is 29.0 Å². The summed E-state index contributed by atoms with van der Waals surface area (Å²) in [4.78, 5) is 93.2. The summed E-state index contributed by atoms with van der Waals surface area (Å²) < 4.78 is 4.73. The number of hydrogen-bond donors (Lipinski definition) is 11. The molecule has 1 aliphatic heterocycles. The fourth-order valence-electron chi connectivity index (χ4n) is 4.63. The van der Waals surface area contributed by atoms with E-state index in [-0.39, 0.29) is 50.5 Å². The number of carboxylic acids is 1. The maximum absolute atomic E-state index is 13.7. The Morgan fingerprint density at radius 2 is 1.67 bits per heavy atom. The Bertz CT molecular complexity index is 1380. The van der Waals surface area contributed by atoms with E-state index >= 15 is 0 Å². The zero-order chi connectivity index (χ0) is 39.0. The lowest BCUT2D eigenvalue weighted by atomic mass is 10.0. The first-order valence-corrected chi connectivity index (χ1v) is 15.9. The van der Waals surface area contributed by atoms with Crippen LogP contribution in [-0.2, 0) is 33.5 Å². The molecular formula is C29H50N12O10. The molecule has 0 saturated carbocycles. The van der Waals surface area contributed by atoms with Crippen LogP contribution in [0.5, 0.6) is 0 Å². The van der Waals surface area contributed by atoms with E-state index in [2.05, 4.69) is 26.0 Å². The Balaban J connectivity index is 3.26. The molecular weight excluding hydrogens is 676 g/mol. The van der Waals surface area contributed by atoms with Crippen LogP contribution >= 0.6 is 0 Å². The summed E-state index contributed by atoms with van der Waals surface area (Å²) in [5, 5.41) is 32.8. The van der Waals surface area contributed by atoms with Gasteiger partial charge in [-0.2, -0.15) is 5.10 Å². The van der Waals surface area contributed by atoms with E-state index in [0.29, 0.717) is 0 Å². The monoisotopic (exact) mass is 726 g/mol. The van der Waals surface area contributed by atoms with Crippen molar-refractivity contribution in [2.75, 3.05) is 13.2 Å². The molecule has 0 bridgehead atoms. The number of allylic oxidation sites excluding steroid dienone is 1. The predicted molar refractivity (Wildman–Crippen MR) is 181 cm³/mol. The number of nitrogens with one attached hydrogen (secondary N) is 4. The number of aliphatic carboxylic acids is 1. The Kier molecular flexibility index (Phi) is 18.0. The van der Waals surface area contributed by atoms with Crippen LogP contribution in [0.4, 0.5) is 4.79 Å². The number of primary amides is 1. The van der Waals surface area contributed by atoms with Gasteiger partial charge in [-0.05, 0) is 45.4 Å². The van der Waals surface area contributed by atoms with E-state index in [9.17, 15) is 43.8 Å². The highest BCUT2D eigenvalue weighted by molar-refractivity contribution is 6.02. The third kappa shape index (κ3) is 15.0. The van der Waals surface area contributed by atoms with Gasteiger partial charge in [0.15, 0.2) is 12.0 Å². The third-order valence-electron chi connectivity index (χ3n) is 7.16. The lowest BCUT2D eigenvalue weighted by molar-refractivity contribution is -0.145. The molecule has 0 aliphatic carbocycles. The standard InChI is InChI=1S/C29H50N12O10/c1-13(2)10-17(23(44)40-22(15(4)51-29(34)50)25(46)38-18(12-42)27(48)49)37-24(45)19-6-5-8-36-41(19)26(47)21(14(3)30)39-20(43)11-16(31)7-9-35-28(32)33/h8,13-14,16-19,21,42H,5-7,9-12,30-31H2,1-4H3,(H2,34,50)(H,37,45)(H,38,46)(H,39,43)(H,40,44)(H,48,49)(H4,32,33,35)/b22-15-/t14-,16?,17-,18-,19-,21-/m0/s1. The minimum atomic E-state index is -1.79. The molecule has 6 atom stereocenters. The average Bonchev–Trinajstić information content (AvgIpc) is 3.02. The number of rotatable bonds is 19. The molecule has 1 aliphatic rings. The van der Waals surface area contributed by atoms with Crippen LogP contribution in [-0.4, -0.2) is 118 Å². The van der Waals surface area contributed by atoms with Crippen molar-refractivity contribution >= 4 is 53.8 Å². The number of aliphatic hydroxyl groups excluding tert-OH is 1. The molecule has 22 nitrogen and oxygen atoms in total. The van der Waals surface area contributed by atoms with E-state index in [1.165, 1.54) is 13.1 Å². The lowest BCUT2D eigenvalue weighted by Gasteiger charge is -2.34. The van der Waals surface area contributed by atoms with Gasteiger partial charge in [0.1, 0.15) is 29.6 Å². The maximum Gasteiger partial charge on any atom is 0.409 e. The first-order valence-electron chi connectivity index (χ1n) is 15.9. The van der Waals surface area contributed by atoms with Gasteiger partial charge in [0.25, 0.3) is 11.8 Å². The maximum atomic E-state index is 13.7. The van der Waals surface area contributed by atoms with Crippen LogP contribution in [0.15, 0.2) is 21.6 Å². The molecule has 51 heavy (non-hydrogen) atoms. The summed E-state index contributed by atoms with van der Waals surface area (Å²) in [5.41, 5.74) is 26.9. The van der Waals surface area contributed by atoms with Crippen LogP contribution < -0.4 is 49.9 Å². The van der Waals surface area contributed by atoms with Gasteiger partial charge in [-0.1, -0.05) is 13.8 Å². The molecule has 16 N–H and O–H groups in total. The van der Waals surface area contributed by atoms with Crippen LogP contribution in [0.2, 0.25) is 0 Å². The van der Waals surface area contributed by atoms with Gasteiger partial charge in [-0.25, -0.2) is 14.6 Å². The number of amides is 6. The summed E-state index contributed by atoms with van der Waals surface area (Å²) in [6.45, 7) is 5.20. The lowest BCUT2D eigenvalue weighted by Crippen LogP contribution is -2.61. The zero-order valence-corrected chi connectivity index (χ0v) is 29.0. The van der Waals surface area contributed by atoms with E-state index < -0.39 is 95.9 Å². The summed E-state index contributed by atoms with van der Waals surface area (Å²) in [5.74, 6) is -6.95. The SMILES string of the molecule is C/C(OC(N)=O)=C(/NC(=O)[C@H](CC(C)C)NC(=O)[C@@H]1CCC=NN1C(=O)[C@@H](NC(=O)CC(N)CCN=C(N)N)[C@H](C)N)C(=O)N[C@@H](CO)C(=O)O. The van der Waals surface area contributed by atoms with Crippen molar-refractivity contribution in [3.05, 3.63) is 11.5 Å². The number of aliphatic imine (C=N–C) groups is 1. The Labute approximate surface area is 294 Å². The van der Waals surface area contributed by atoms with Crippen LogP contribution in [0, 0.1) is 5.92 Å². The van der Waals surface area contributed by atoms with Crippen molar-refractivity contribution in [1.29, 1.82) is 0 Å². The number of carboxylic acid groups (broad SMARTS) is 1. The highest BCUT2D eigenvalue weighted by Crippen LogP contribution is 2.17. The van der Waals surface area contributed by atoms with Gasteiger partial charge in [0.2, 0.25) is 17.7 Å². The largest absolute Gasteiger partial charge is 0.480 e. The predicted octanol–water partition coefficient (Wildman–Crippen LogP) is -4.29. The number of aliphatic hydroxyl groups is 1. The molecule has 0 fully saturated rings. The van der Waals surface area contributed by atoms with Gasteiger partial charge in [0, 0.05) is 31.3 Å². The minimum absolute atomic E-state index is 0.00246. The summed E-state index contributed by atoms with van der Waals surface area (Å²) in [6.07, 6.45) is 0.474. The number of nitrogens with zero attached hydrogens (tertiary/aromatic N) is 3. The molecule has 0 spiro atoms. The van der Waals surface area contributed by atoms with E-state index in [0.717, 1.165) is 11.9 Å². The second kappa shape index (κ2) is 21.0. The van der Waals surface area contributed by atoms with Crippen molar-refractivity contribution in [1.82, 2.24) is 26.3 Å². The molecule has 1 unspecified atom stereocenters. The quantitative estimate of drug-likeness (QED) is 0.0260. The Hall–Kier alpha value is -5.35. The van der Waals surface area contributed by atoms with Crippen molar-refractivity contribution in [2.45, 2.75) is 96.1 Å². The fourth-order valence-corrected chi connectivity index (χ4v) is 4.63. The Morgan fingerprint density at radius 3 is 2.20 bits per heavy atom. The summed E-state index contributed by atoms with van der Waals surface area (Å²) >= 11 is 0. The van der Waals surface area contributed by atoms with E-state index in [1.807, 2.05) is 5.32 Å². The summed E-state index contributed by atoms with van der Waals surface area (Å²) in [6, 6.07) is -7.31. The zero-order valence-electron chi connectivity index (χ0n) is 29.0. The fraction of sp³-hybridized carbons (Fsp3) is 0.621. The first-order chi connectivity index (χ1) is 23.8. The second-order valence-corrected chi connectivity index (χ2v) is 12.1. The molecule has 0 aromatic rings. The Morgan fingerprint density at radius 1 is 1.02 bits per heavy atom. The number of hydrazone groups is 1. The minimum Gasteiger partial charge on any atom is -0.480 e. The summed E-state index contributed by atoms with van der Waals surface area (Å²) in [7, 11) is 0. The van der Waals surface area contributed by atoms with Crippen molar-refractivity contribution in [3.63, 3.8) is 0 Å². The normalized spacial score (nSPS) is 17.4. The number of nitrogens with two attached hydrogens (primary N) is 5.